The van der Waals surface area contributed by atoms with Gasteiger partial charge in [-0.2, -0.15) is 5.26 Å². The van der Waals surface area contributed by atoms with E-state index in [1.165, 1.54) is 5.56 Å². The maximum Gasteiger partial charge on any atom is 0.312 e. The van der Waals surface area contributed by atoms with Gasteiger partial charge in [0.05, 0.1) is 12.5 Å². The van der Waals surface area contributed by atoms with Crippen molar-refractivity contribution in [3.63, 3.8) is 0 Å². The van der Waals surface area contributed by atoms with E-state index in [-0.39, 0.29) is 18.8 Å². The average molecular weight is 217 g/mol. The number of hydrogen-bond donors (Lipinski definition) is 0. The molecule has 0 amide bonds. The summed E-state index contributed by atoms with van der Waals surface area (Å²) in [7, 11) is 0. The zero-order valence-electron chi connectivity index (χ0n) is 9.83. The second-order valence-corrected chi connectivity index (χ2v) is 3.83. The third-order valence-electron chi connectivity index (χ3n) is 2.46. The van der Waals surface area contributed by atoms with Crippen molar-refractivity contribution in [2.45, 2.75) is 33.6 Å². The molecule has 0 aliphatic carbocycles. The second kappa shape index (κ2) is 5.32. The highest BCUT2D eigenvalue weighted by atomic mass is 16.5. The summed E-state index contributed by atoms with van der Waals surface area (Å²) in [6.45, 7) is 5.89. The Balaban J connectivity index is 2.78. The highest BCUT2D eigenvalue weighted by Gasteiger charge is 2.08. The van der Waals surface area contributed by atoms with Crippen LogP contribution < -0.4 is 4.74 Å². The van der Waals surface area contributed by atoms with Crippen LogP contribution in [0.5, 0.6) is 5.75 Å². The summed E-state index contributed by atoms with van der Waals surface area (Å²) in [4.78, 5) is 11.3. The van der Waals surface area contributed by atoms with E-state index in [2.05, 4.69) is 0 Å². The third-order valence-corrected chi connectivity index (χ3v) is 2.46. The smallest absolute Gasteiger partial charge is 0.312 e. The molecular formula is C13H15NO2. The van der Waals surface area contributed by atoms with Crippen LogP contribution in [0, 0.1) is 32.1 Å². The minimum absolute atomic E-state index is 0.142. The molecular weight excluding hydrogens is 202 g/mol. The SMILES string of the molecule is Cc1cc(C)c(OC(=O)CCC#N)cc1C. The van der Waals surface area contributed by atoms with Gasteiger partial charge in [0.2, 0.25) is 0 Å². The maximum atomic E-state index is 11.3. The number of rotatable bonds is 3. The minimum atomic E-state index is -0.354. The molecule has 1 aromatic rings. The summed E-state index contributed by atoms with van der Waals surface area (Å²) in [5.41, 5.74) is 3.21. The molecule has 1 rings (SSSR count). The Bertz CT molecular complexity index is 444. The number of nitriles is 1. The van der Waals surface area contributed by atoms with Crippen LogP contribution in [0.4, 0.5) is 0 Å². The lowest BCUT2D eigenvalue weighted by Crippen LogP contribution is -2.08. The number of nitrogens with zero attached hydrogens (tertiary/aromatic N) is 1. The van der Waals surface area contributed by atoms with Crippen LogP contribution in [-0.2, 0) is 4.79 Å². The van der Waals surface area contributed by atoms with Crippen LogP contribution >= 0.6 is 0 Å². The molecule has 1 aromatic carbocycles. The van der Waals surface area contributed by atoms with Crippen molar-refractivity contribution in [2.24, 2.45) is 0 Å². The van der Waals surface area contributed by atoms with Gasteiger partial charge in [-0.15, -0.1) is 0 Å². The molecule has 0 heterocycles. The van der Waals surface area contributed by atoms with E-state index >= 15 is 0 Å². The molecule has 0 saturated carbocycles. The van der Waals surface area contributed by atoms with E-state index in [9.17, 15) is 4.79 Å². The first kappa shape index (κ1) is 12.3. The Kier molecular flexibility index (Phi) is 4.07. The normalized spacial score (nSPS) is 9.62. The van der Waals surface area contributed by atoms with Crippen LogP contribution in [0.15, 0.2) is 12.1 Å². The van der Waals surface area contributed by atoms with Crippen molar-refractivity contribution >= 4 is 5.97 Å². The van der Waals surface area contributed by atoms with Crippen LogP contribution in [0.3, 0.4) is 0 Å². The highest BCUT2D eigenvalue weighted by molar-refractivity contribution is 5.73. The molecule has 84 valence electrons. The Hall–Kier alpha value is -1.82. The summed E-state index contributed by atoms with van der Waals surface area (Å²) in [6, 6.07) is 5.76. The first-order chi connectivity index (χ1) is 7.54. The van der Waals surface area contributed by atoms with Gasteiger partial charge in [0.1, 0.15) is 5.75 Å². The number of ether oxygens (including phenoxy) is 1. The Morgan fingerprint density at radius 2 is 1.88 bits per heavy atom. The fourth-order valence-electron chi connectivity index (χ4n) is 1.38. The third kappa shape index (κ3) is 3.09. The quantitative estimate of drug-likeness (QED) is 0.577. The molecule has 0 atom stereocenters. The molecule has 0 bridgehead atoms. The summed E-state index contributed by atoms with van der Waals surface area (Å²) in [6.07, 6.45) is 0.339. The van der Waals surface area contributed by atoms with Crippen LogP contribution in [0.1, 0.15) is 29.5 Å². The molecule has 16 heavy (non-hydrogen) atoms. The monoisotopic (exact) mass is 217 g/mol. The molecule has 0 aliphatic rings. The summed E-state index contributed by atoms with van der Waals surface area (Å²) < 4.78 is 5.19. The van der Waals surface area contributed by atoms with Gasteiger partial charge >= 0.3 is 5.97 Å². The lowest BCUT2D eigenvalue weighted by molar-refractivity contribution is -0.134. The van der Waals surface area contributed by atoms with Gasteiger partial charge in [0.15, 0.2) is 0 Å². The van der Waals surface area contributed by atoms with Crippen LogP contribution in [0.2, 0.25) is 0 Å². The van der Waals surface area contributed by atoms with Gasteiger partial charge in [-0.05, 0) is 43.5 Å². The second-order valence-electron chi connectivity index (χ2n) is 3.83. The molecule has 0 aliphatic heterocycles. The van der Waals surface area contributed by atoms with E-state index < -0.39 is 0 Å². The first-order valence-electron chi connectivity index (χ1n) is 5.20. The van der Waals surface area contributed by atoms with Crippen LogP contribution in [-0.4, -0.2) is 5.97 Å². The van der Waals surface area contributed by atoms with Crippen LogP contribution in [0.25, 0.3) is 0 Å². The fraction of sp³-hybridized carbons (Fsp3) is 0.385. The summed E-state index contributed by atoms with van der Waals surface area (Å²) in [5.74, 6) is 0.235. The van der Waals surface area contributed by atoms with Crippen molar-refractivity contribution in [2.75, 3.05) is 0 Å². The predicted molar refractivity (Wildman–Crippen MR) is 61.1 cm³/mol. The first-order valence-corrected chi connectivity index (χ1v) is 5.20. The Labute approximate surface area is 95.7 Å². The highest BCUT2D eigenvalue weighted by Crippen LogP contribution is 2.22. The van der Waals surface area contributed by atoms with Crippen molar-refractivity contribution in [1.29, 1.82) is 5.26 Å². The zero-order chi connectivity index (χ0) is 12.1. The number of esters is 1. The van der Waals surface area contributed by atoms with Gasteiger partial charge in [0, 0.05) is 6.42 Å². The molecule has 0 spiro atoms. The van der Waals surface area contributed by atoms with E-state index in [1.807, 2.05) is 39.0 Å². The van der Waals surface area contributed by atoms with Gasteiger partial charge < -0.3 is 4.74 Å². The molecule has 0 fully saturated rings. The molecule has 0 N–H and O–H groups in total. The number of benzene rings is 1. The Morgan fingerprint density at radius 1 is 1.25 bits per heavy atom. The lowest BCUT2D eigenvalue weighted by atomic mass is 10.1. The number of hydrogen-bond acceptors (Lipinski definition) is 3. The van der Waals surface area contributed by atoms with E-state index in [0.29, 0.717) is 5.75 Å². The average Bonchev–Trinajstić information content (AvgIpc) is 2.23. The maximum absolute atomic E-state index is 11.3. The molecule has 0 saturated heterocycles. The van der Waals surface area contributed by atoms with Gasteiger partial charge in [-0.1, -0.05) is 6.07 Å². The zero-order valence-corrected chi connectivity index (χ0v) is 9.83. The number of carbonyl (C=O) groups excluding carboxylic acids is 1. The predicted octanol–water partition coefficient (Wildman–Crippen LogP) is 2.82. The number of aryl methyl sites for hydroxylation is 3. The lowest BCUT2D eigenvalue weighted by Gasteiger charge is -2.09. The van der Waals surface area contributed by atoms with Crippen molar-refractivity contribution < 1.29 is 9.53 Å². The molecule has 3 heteroatoms. The Morgan fingerprint density at radius 3 is 2.50 bits per heavy atom. The molecule has 0 radical (unpaired) electrons. The summed E-state index contributed by atoms with van der Waals surface area (Å²) >= 11 is 0. The van der Waals surface area contributed by atoms with E-state index in [4.69, 9.17) is 10.00 Å². The molecule has 3 nitrogen and oxygen atoms in total. The van der Waals surface area contributed by atoms with Gasteiger partial charge in [-0.25, -0.2) is 0 Å². The largest absolute Gasteiger partial charge is 0.426 e. The topological polar surface area (TPSA) is 50.1 Å². The van der Waals surface area contributed by atoms with Crippen molar-refractivity contribution in [3.05, 3.63) is 28.8 Å². The summed E-state index contributed by atoms with van der Waals surface area (Å²) in [5, 5.41) is 8.36. The van der Waals surface area contributed by atoms with Crippen molar-refractivity contribution in [1.82, 2.24) is 0 Å². The molecule has 0 aromatic heterocycles. The van der Waals surface area contributed by atoms with E-state index in [1.54, 1.807) is 0 Å². The van der Waals surface area contributed by atoms with Gasteiger partial charge in [-0.3, -0.25) is 4.79 Å². The van der Waals surface area contributed by atoms with Gasteiger partial charge in [0.25, 0.3) is 0 Å². The van der Waals surface area contributed by atoms with E-state index in [0.717, 1.165) is 11.1 Å². The minimum Gasteiger partial charge on any atom is -0.426 e. The number of carbonyl (C=O) groups is 1. The molecule has 0 unspecified atom stereocenters. The van der Waals surface area contributed by atoms with Crippen molar-refractivity contribution in [3.8, 4) is 11.8 Å². The fourth-order valence-corrected chi connectivity index (χ4v) is 1.38. The standard InChI is InChI=1S/C13H15NO2/c1-9-7-11(3)12(8-10(9)2)16-13(15)5-4-6-14/h7-8H,4-5H2,1-3H3.